The molecule has 90 valence electrons. The molecule has 17 heavy (non-hydrogen) atoms. The minimum Gasteiger partial charge on any atom is -0.292 e. The van der Waals surface area contributed by atoms with Gasteiger partial charge in [-0.25, -0.2) is 4.98 Å². The summed E-state index contributed by atoms with van der Waals surface area (Å²) in [6.07, 6.45) is 8.03. The fraction of sp³-hybridized carbons (Fsp3) is 0.600. The average molecular weight is 229 g/mol. The van der Waals surface area contributed by atoms with E-state index in [9.17, 15) is 4.79 Å². The van der Waals surface area contributed by atoms with Crippen LogP contribution in [-0.2, 0) is 6.42 Å². The summed E-state index contributed by atoms with van der Waals surface area (Å²) >= 11 is 0. The number of rotatable bonds is 1. The second-order valence-corrected chi connectivity index (χ2v) is 5.44. The highest BCUT2D eigenvalue weighted by Crippen LogP contribution is 2.38. The number of aromatic nitrogens is 1. The van der Waals surface area contributed by atoms with Crippen LogP contribution < -0.4 is 0 Å². The van der Waals surface area contributed by atoms with Gasteiger partial charge in [-0.3, -0.25) is 4.79 Å². The lowest BCUT2D eigenvalue weighted by Crippen LogP contribution is -2.17. The number of hydrogen-bond donors (Lipinski definition) is 0. The van der Waals surface area contributed by atoms with Crippen LogP contribution in [0.1, 0.15) is 71.8 Å². The Balaban J connectivity index is 2.10. The largest absolute Gasteiger partial charge is 0.292 e. The van der Waals surface area contributed by atoms with Gasteiger partial charge in [-0.2, -0.15) is 0 Å². The zero-order valence-electron chi connectivity index (χ0n) is 10.5. The molecular weight excluding hydrogens is 210 g/mol. The summed E-state index contributed by atoms with van der Waals surface area (Å²) in [6, 6.07) is 2.23. The van der Waals surface area contributed by atoms with Gasteiger partial charge in [0.25, 0.3) is 0 Å². The first kappa shape index (κ1) is 10.9. The number of fused-ring (bicyclic) bond motifs is 1. The Labute approximate surface area is 102 Å². The number of hydrogen-bond acceptors (Lipinski definition) is 2. The second kappa shape index (κ2) is 4.25. The molecule has 2 aliphatic carbocycles. The van der Waals surface area contributed by atoms with Crippen molar-refractivity contribution in [3.63, 3.8) is 0 Å². The van der Waals surface area contributed by atoms with Crippen molar-refractivity contribution in [2.45, 2.75) is 57.8 Å². The Bertz CT molecular complexity index is 458. The van der Waals surface area contributed by atoms with Gasteiger partial charge in [-0.05, 0) is 55.7 Å². The first-order valence-corrected chi connectivity index (χ1v) is 6.79. The summed E-state index contributed by atoms with van der Waals surface area (Å²) < 4.78 is 0. The first-order valence-electron chi connectivity index (χ1n) is 6.79. The van der Waals surface area contributed by atoms with Crippen LogP contribution in [0, 0.1) is 6.92 Å². The van der Waals surface area contributed by atoms with Crippen LogP contribution >= 0.6 is 0 Å². The summed E-state index contributed by atoms with van der Waals surface area (Å²) in [7, 11) is 0. The highest BCUT2D eigenvalue weighted by atomic mass is 16.1. The van der Waals surface area contributed by atoms with Crippen molar-refractivity contribution in [2.75, 3.05) is 0 Å². The van der Waals surface area contributed by atoms with E-state index in [1.165, 1.54) is 36.8 Å². The van der Waals surface area contributed by atoms with Crippen LogP contribution in [0.4, 0.5) is 0 Å². The fourth-order valence-electron chi connectivity index (χ4n) is 3.36. The van der Waals surface area contributed by atoms with Gasteiger partial charge < -0.3 is 0 Å². The molecule has 0 N–H and O–H groups in total. The monoisotopic (exact) mass is 229 g/mol. The summed E-state index contributed by atoms with van der Waals surface area (Å²) in [5.41, 5.74) is 4.52. The van der Waals surface area contributed by atoms with Crippen LogP contribution in [0.15, 0.2) is 6.07 Å². The third kappa shape index (κ3) is 1.90. The van der Waals surface area contributed by atoms with Gasteiger partial charge in [0.05, 0.1) is 0 Å². The summed E-state index contributed by atoms with van der Waals surface area (Å²) in [4.78, 5) is 16.4. The molecule has 0 radical (unpaired) electrons. The number of aryl methyl sites for hydroxylation is 1. The molecule has 1 aromatic heterocycles. The molecular formula is C15H19NO. The lowest BCUT2D eigenvalue weighted by Gasteiger charge is -2.21. The molecule has 1 aromatic rings. The summed E-state index contributed by atoms with van der Waals surface area (Å²) in [5.74, 6) is 0.950. The lowest BCUT2D eigenvalue weighted by atomic mass is 9.85. The second-order valence-electron chi connectivity index (χ2n) is 5.44. The van der Waals surface area contributed by atoms with Gasteiger partial charge in [0.2, 0.25) is 0 Å². The van der Waals surface area contributed by atoms with Crippen molar-refractivity contribution in [1.82, 2.24) is 4.98 Å². The highest BCUT2D eigenvalue weighted by Gasteiger charge is 2.26. The van der Waals surface area contributed by atoms with Gasteiger partial charge in [-0.15, -0.1) is 0 Å². The quantitative estimate of drug-likeness (QED) is 0.737. The van der Waals surface area contributed by atoms with Gasteiger partial charge in [0.1, 0.15) is 5.69 Å². The van der Waals surface area contributed by atoms with Crippen molar-refractivity contribution in [2.24, 2.45) is 0 Å². The van der Waals surface area contributed by atoms with Gasteiger partial charge in [0.15, 0.2) is 5.78 Å². The van der Waals surface area contributed by atoms with E-state index in [0.29, 0.717) is 12.3 Å². The summed E-state index contributed by atoms with van der Waals surface area (Å²) in [5, 5.41) is 0. The Morgan fingerprint density at radius 3 is 2.71 bits per heavy atom. The van der Waals surface area contributed by atoms with E-state index in [4.69, 9.17) is 0 Å². The maximum atomic E-state index is 11.9. The molecule has 2 nitrogen and oxygen atoms in total. The van der Waals surface area contributed by atoms with Gasteiger partial charge >= 0.3 is 0 Å². The molecule has 0 unspecified atom stereocenters. The lowest BCUT2D eigenvalue weighted by molar-refractivity contribution is 0.0966. The third-order valence-corrected chi connectivity index (χ3v) is 4.18. The number of ketones is 1. The number of Topliss-reactive ketones (excluding diaryl/α,β-unsaturated/α-hetero) is 1. The molecule has 0 bridgehead atoms. The molecule has 1 saturated carbocycles. The molecule has 0 aliphatic heterocycles. The molecule has 0 spiro atoms. The predicted octanol–water partition coefficient (Wildman–Crippen LogP) is 3.57. The molecule has 2 aliphatic rings. The minimum absolute atomic E-state index is 0.259. The van der Waals surface area contributed by atoms with Crippen molar-refractivity contribution < 1.29 is 4.79 Å². The molecule has 3 rings (SSSR count). The molecule has 0 amide bonds. The van der Waals surface area contributed by atoms with Crippen molar-refractivity contribution in [3.05, 3.63) is 28.6 Å². The Morgan fingerprint density at radius 2 is 1.94 bits per heavy atom. The van der Waals surface area contributed by atoms with Crippen LogP contribution in [-0.4, -0.2) is 10.8 Å². The number of nitrogens with zero attached hydrogens (tertiary/aromatic N) is 1. The molecule has 0 saturated heterocycles. The standard InChI is InChI=1S/C15H19NO/c1-10-9-13(11-5-2-3-6-11)12-7-4-8-14(17)15(12)16-10/h9,11H,2-8H2,1H3. The Hall–Kier alpha value is -1.18. The molecule has 1 heterocycles. The topological polar surface area (TPSA) is 30.0 Å². The number of carbonyl (C=O) groups excluding carboxylic acids is 1. The van der Waals surface area contributed by atoms with E-state index in [2.05, 4.69) is 11.1 Å². The van der Waals surface area contributed by atoms with E-state index in [1.807, 2.05) is 6.92 Å². The molecule has 0 aromatic carbocycles. The van der Waals surface area contributed by atoms with E-state index in [-0.39, 0.29) is 5.78 Å². The predicted molar refractivity (Wildman–Crippen MR) is 67.5 cm³/mol. The zero-order valence-corrected chi connectivity index (χ0v) is 10.5. The number of pyridine rings is 1. The summed E-state index contributed by atoms with van der Waals surface area (Å²) in [6.45, 7) is 2.01. The maximum absolute atomic E-state index is 11.9. The van der Waals surface area contributed by atoms with Crippen molar-refractivity contribution >= 4 is 5.78 Å². The normalized spacial score (nSPS) is 20.6. The van der Waals surface area contributed by atoms with Gasteiger partial charge in [0, 0.05) is 12.1 Å². The minimum atomic E-state index is 0.259. The van der Waals surface area contributed by atoms with Crippen LogP contribution in [0.25, 0.3) is 0 Å². The third-order valence-electron chi connectivity index (χ3n) is 4.18. The van der Waals surface area contributed by atoms with Crippen molar-refractivity contribution in [3.8, 4) is 0 Å². The first-order chi connectivity index (χ1) is 8.25. The Kier molecular flexibility index (Phi) is 2.73. The van der Waals surface area contributed by atoms with Crippen LogP contribution in [0.5, 0.6) is 0 Å². The molecule has 2 heteroatoms. The van der Waals surface area contributed by atoms with E-state index < -0.39 is 0 Å². The SMILES string of the molecule is Cc1cc(C2CCCC2)c2c(n1)C(=O)CCC2. The van der Waals surface area contributed by atoms with Gasteiger partial charge in [-0.1, -0.05) is 12.8 Å². The van der Waals surface area contributed by atoms with Crippen molar-refractivity contribution in [1.29, 1.82) is 0 Å². The number of carbonyl (C=O) groups is 1. The molecule has 0 atom stereocenters. The van der Waals surface area contributed by atoms with E-state index in [0.717, 1.165) is 24.2 Å². The molecule has 1 fully saturated rings. The smallest absolute Gasteiger partial charge is 0.181 e. The van der Waals surface area contributed by atoms with Crippen LogP contribution in [0.3, 0.4) is 0 Å². The van der Waals surface area contributed by atoms with E-state index >= 15 is 0 Å². The average Bonchev–Trinajstić information content (AvgIpc) is 2.83. The Morgan fingerprint density at radius 1 is 1.18 bits per heavy atom. The zero-order chi connectivity index (χ0) is 11.8. The van der Waals surface area contributed by atoms with E-state index in [1.54, 1.807) is 0 Å². The fourth-order valence-corrected chi connectivity index (χ4v) is 3.36. The highest BCUT2D eigenvalue weighted by molar-refractivity contribution is 5.97. The maximum Gasteiger partial charge on any atom is 0.181 e. The van der Waals surface area contributed by atoms with Crippen LogP contribution in [0.2, 0.25) is 0 Å².